The molecule has 104 valence electrons. The second-order valence-corrected chi connectivity index (χ2v) is 6.14. The van der Waals surface area contributed by atoms with Crippen LogP contribution in [-0.2, 0) is 13.0 Å². The molecule has 0 saturated carbocycles. The summed E-state index contributed by atoms with van der Waals surface area (Å²) in [6.45, 7) is 4.72. The summed E-state index contributed by atoms with van der Waals surface area (Å²) in [5.74, 6) is 0.870. The Morgan fingerprint density at radius 2 is 2.20 bits per heavy atom. The molecule has 20 heavy (non-hydrogen) atoms. The lowest BCUT2D eigenvalue weighted by atomic mass is 10.3. The van der Waals surface area contributed by atoms with Gasteiger partial charge in [0.05, 0.1) is 16.6 Å². The Hall–Kier alpha value is -1.46. The van der Waals surface area contributed by atoms with Crippen molar-refractivity contribution in [3.8, 4) is 0 Å². The van der Waals surface area contributed by atoms with E-state index in [1.807, 2.05) is 31.5 Å². The van der Waals surface area contributed by atoms with Crippen LogP contribution in [-0.4, -0.2) is 19.5 Å². The third kappa shape index (κ3) is 2.55. The van der Waals surface area contributed by atoms with Gasteiger partial charge in [0.15, 0.2) is 5.65 Å². The summed E-state index contributed by atoms with van der Waals surface area (Å²) in [6.07, 6.45) is 0.862. The van der Waals surface area contributed by atoms with Crippen molar-refractivity contribution in [2.45, 2.75) is 32.2 Å². The molecule has 3 rings (SSSR count). The van der Waals surface area contributed by atoms with Gasteiger partial charge in [-0.2, -0.15) is 0 Å². The Bertz CT molecular complexity index is 718. The van der Waals surface area contributed by atoms with Crippen LogP contribution in [0.3, 0.4) is 0 Å². The van der Waals surface area contributed by atoms with Gasteiger partial charge in [-0.25, -0.2) is 15.0 Å². The number of thiazole rings is 1. The molecule has 6 heteroatoms. The molecule has 0 saturated heterocycles. The van der Waals surface area contributed by atoms with Crippen molar-refractivity contribution < 1.29 is 0 Å². The summed E-state index contributed by atoms with van der Waals surface area (Å²) < 4.78 is 2.11. The van der Waals surface area contributed by atoms with E-state index in [1.54, 1.807) is 11.3 Å². The summed E-state index contributed by atoms with van der Waals surface area (Å²) in [4.78, 5) is 13.5. The molecule has 0 amide bonds. The molecule has 1 atom stereocenters. The van der Waals surface area contributed by atoms with Crippen molar-refractivity contribution in [3.63, 3.8) is 0 Å². The lowest BCUT2D eigenvalue weighted by Crippen LogP contribution is -2.08. The normalized spacial score (nSPS) is 12.9. The Morgan fingerprint density at radius 1 is 1.35 bits per heavy atom. The van der Waals surface area contributed by atoms with E-state index < -0.39 is 0 Å². The van der Waals surface area contributed by atoms with Crippen LogP contribution in [0.15, 0.2) is 23.0 Å². The fourth-order valence-electron chi connectivity index (χ4n) is 2.23. The number of alkyl halides is 1. The molecule has 3 aromatic rings. The second-order valence-electron chi connectivity index (χ2n) is 4.76. The topological polar surface area (TPSA) is 43.6 Å². The van der Waals surface area contributed by atoms with E-state index in [1.165, 1.54) is 0 Å². The van der Waals surface area contributed by atoms with Gasteiger partial charge in [0.1, 0.15) is 11.3 Å². The quantitative estimate of drug-likeness (QED) is 0.690. The summed E-state index contributed by atoms with van der Waals surface area (Å²) >= 11 is 7.87. The van der Waals surface area contributed by atoms with Crippen LogP contribution >= 0.6 is 22.9 Å². The number of aryl methyl sites for hydroxylation is 3. The number of fused-ring (bicyclic) bond motifs is 1. The zero-order chi connectivity index (χ0) is 14.1. The van der Waals surface area contributed by atoms with Crippen molar-refractivity contribution in [3.05, 3.63) is 40.2 Å². The Labute approximate surface area is 126 Å². The molecule has 0 spiro atoms. The standard InChI is InChI=1S/C14H15ClN4S/c1-9-3-4-12-14(17-9)19(13(18-12)10(2)15)6-5-11-7-20-8-16-11/h3-4,7-8,10H,5-6H2,1-2H3. The average Bonchev–Trinajstić information content (AvgIpc) is 3.03. The van der Waals surface area contributed by atoms with Gasteiger partial charge < -0.3 is 4.57 Å². The molecule has 0 N–H and O–H groups in total. The van der Waals surface area contributed by atoms with Crippen molar-refractivity contribution in [1.82, 2.24) is 19.5 Å². The van der Waals surface area contributed by atoms with Crippen LogP contribution in [0.1, 0.15) is 29.5 Å². The molecule has 0 radical (unpaired) electrons. The highest BCUT2D eigenvalue weighted by molar-refractivity contribution is 7.07. The number of pyridine rings is 1. The minimum Gasteiger partial charge on any atom is -0.311 e. The first-order chi connectivity index (χ1) is 9.65. The molecular formula is C14H15ClN4S. The fraction of sp³-hybridized carbons (Fsp3) is 0.357. The molecule has 3 aromatic heterocycles. The third-order valence-electron chi connectivity index (χ3n) is 3.19. The highest BCUT2D eigenvalue weighted by Crippen LogP contribution is 2.24. The van der Waals surface area contributed by atoms with Gasteiger partial charge in [-0.15, -0.1) is 22.9 Å². The van der Waals surface area contributed by atoms with E-state index in [0.717, 1.165) is 41.3 Å². The largest absolute Gasteiger partial charge is 0.311 e. The maximum Gasteiger partial charge on any atom is 0.160 e. The van der Waals surface area contributed by atoms with E-state index in [2.05, 4.69) is 24.9 Å². The summed E-state index contributed by atoms with van der Waals surface area (Å²) in [7, 11) is 0. The number of imidazole rings is 1. The van der Waals surface area contributed by atoms with Crippen molar-refractivity contribution in [2.24, 2.45) is 0 Å². The Kier molecular flexibility index (Phi) is 3.72. The lowest BCUT2D eigenvalue weighted by Gasteiger charge is -2.09. The van der Waals surface area contributed by atoms with Gasteiger partial charge in [-0.1, -0.05) is 0 Å². The molecule has 0 aromatic carbocycles. The molecule has 3 heterocycles. The molecule has 1 unspecified atom stereocenters. The van der Waals surface area contributed by atoms with Crippen molar-refractivity contribution in [2.75, 3.05) is 0 Å². The third-order valence-corrected chi connectivity index (χ3v) is 4.02. The molecule has 0 fully saturated rings. The van der Waals surface area contributed by atoms with E-state index in [0.29, 0.717) is 0 Å². The zero-order valence-corrected chi connectivity index (χ0v) is 12.9. The highest BCUT2D eigenvalue weighted by Gasteiger charge is 2.16. The minimum atomic E-state index is -0.139. The number of halogens is 1. The molecule has 4 nitrogen and oxygen atoms in total. The fourth-order valence-corrected chi connectivity index (χ4v) is 2.98. The molecule has 0 bridgehead atoms. The van der Waals surface area contributed by atoms with E-state index in [9.17, 15) is 0 Å². The zero-order valence-electron chi connectivity index (χ0n) is 11.4. The van der Waals surface area contributed by atoms with Gasteiger partial charge in [0, 0.05) is 24.0 Å². The lowest BCUT2D eigenvalue weighted by molar-refractivity contribution is 0.656. The number of nitrogens with zero attached hydrogens (tertiary/aromatic N) is 4. The van der Waals surface area contributed by atoms with Crippen LogP contribution in [0.4, 0.5) is 0 Å². The Morgan fingerprint density at radius 3 is 2.90 bits per heavy atom. The van der Waals surface area contributed by atoms with Crippen LogP contribution in [0.2, 0.25) is 0 Å². The molecule has 0 aliphatic rings. The maximum atomic E-state index is 6.26. The van der Waals surface area contributed by atoms with E-state index >= 15 is 0 Å². The predicted octanol–water partition coefficient (Wildman–Crippen LogP) is 3.74. The monoisotopic (exact) mass is 306 g/mol. The van der Waals surface area contributed by atoms with Crippen LogP contribution in [0.5, 0.6) is 0 Å². The van der Waals surface area contributed by atoms with E-state index in [4.69, 9.17) is 11.6 Å². The summed E-state index contributed by atoms with van der Waals surface area (Å²) in [5.41, 5.74) is 5.74. The predicted molar refractivity (Wildman–Crippen MR) is 82.4 cm³/mol. The first kappa shape index (κ1) is 13.5. The van der Waals surface area contributed by atoms with Gasteiger partial charge in [-0.05, 0) is 26.0 Å². The second kappa shape index (κ2) is 5.50. The average molecular weight is 307 g/mol. The van der Waals surface area contributed by atoms with Crippen LogP contribution < -0.4 is 0 Å². The molecule has 0 aliphatic carbocycles. The number of rotatable bonds is 4. The number of hydrogen-bond acceptors (Lipinski definition) is 4. The van der Waals surface area contributed by atoms with Crippen LogP contribution in [0, 0.1) is 6.92 Å². The van der Waals surface area contributed by atoms with Gasteiger partial charge >= 0.3 is 0 Å². The van der Waals surface area contributed by atoms with E-state index in [-0.39, 0.29) is 5.38 Å². The van der Waals surface area contributed by atoms with Crippen molar-refractivity contribution in [1.29, 1.82) is 0 Å². The number of aromatic nitrogens is 4. The van der Waals surface area contributed by atoms with Gasteiger partial charge in [0.2, 0.25) is 0 Å². The SMILES string of the molecule is Cc1ccc2nc(C(C)Cl)n(CCc3cscn3)c2n1. The maximum absolute atomic E-state index is 6.26. The summed E-state index contributed by atoms with van der Waals surface area (Å²) in [6, 6.07) is 3.97. The van der Waals surface area contributed by atoms with Crippen molar-refractivity contribution >= 4 is 34.1 Å². The first-order valence-corrected chi connectivity index (χ1v) is 7.88. The minimum absolute atomic E-state index is 0.139. The van der Waals surface area contributed by atoms with Gasteiger partial charge in [-0.3, -0.25) is 0 Å². The van der Waals surface area contributed by atoms with Gasteiger partial charge in [0.25, 0.3) is 0 Å². The molecular weight excluding hydrogens is 292 g/mol. The van der Waals surface area contributed by atoms with Crippen LogP contribution in [0.25, 0.3) is 11.2 Å². The molecule has 0 aliphatic heterocycles. The smallest absolute Gasteiger partial charge is 0.160 e. The number of hydrogen-bond donors (Lipinski definition) is 0. The Balaban J connectivity index is 2.01. The summed E-state index contributed by atoms with van der Waals surface area (Å²) in [5, 5.41) is 1.93. The highest BCUT2D eigenvalue weighted by atomic mass is 35.5. The first-order valence-electron chi connectivity index (χ1n) is 6.50.